The molecule has 6 nitrogen and oxygen atoms in total. The molecule has 1 heterocycles. The number of para-hydroxylation sites is 1. The van der Waals surface area contributed by atoms with E-state index in [0.29, 0.717) is 13.0 Å². The largest absolute Gasteiger partial charge is 0.480 e. The van der Waals surface area contributed by atoms with Crippen LogP contribution < -0.4 is 0 Å². The fourth-order valence-corrected chi connectivity index (χ4v) is 2.35. The second-order valence-electron chi connectivity index (χ2n) is 5.34. The summed E-state index contributed by atoms with van der Waals surface area (Å²) in [5.74, 6) is -1.12. The van der Waals surface area contributed by atoms with E-state index < -0.39 is 5.97 Å². The first kappa shape index (κ1) is 16.7. The summed E-state index contributed by atoms with van der Waals surface area (Å²) >= 11 is 0. The van der Waals surface area contributed by atoms with Gasteiger partial charge < -0.3 is 10.0 Å². The van der Waals surface area contributed by atoms with Gasteiger partial charge in [0.1, 0.15) is 6.54 Å². The molecule has 0 aliphatic carbocycles. The number of rotatable bonds is 8. The number of carboxylic acids is 1. The Kier molecular flexibility index (Phi) is 5.91. The van der Waals surface area contributed by atoms with Gasteiger partial charge in [-0.1, -0.05) is 25.1 Å². The molecule has 0 spiro atoms. The van der Waals surface area contributed by atoms with Crippen LogP contribution in [0.5, 0.6) is 0 Å². The standard InChI is InChI=1S/C17H21N3O3/c1-2-10-19(13-17(22)23)16(21)9-8-14-11-18-20(12-14)15-6-4-3-5-7-15/h3-7,11-12H,2,8-10,13H2,1H3,(H,22,23). The van der Waals surface area contributed by atoms with Crippen molar-refractivity contribution >= 4 is 11.9 Å². The SMILES string of the molecule is CCCN(CC(=O)O)C(=O)CCc1cnn(-c2ccccc2)c1. The molecule has 0 atom stereocenters. The molecule has 0 aliphatic heterocycles. The molecule has 1 aromatic carbocycles. The Morgan fingerprint density at radius 2 is 2.00 bits per heavy atom. The van der Waals surface area contributed by atoms with Crippen LogP contribution in [0.2, 0.25) is 0 Å². The van der Waals surface area contributed by atoms with Gasteiger partial charge in [0, 0.05) is 19.2 Å². The van der Waals surface area contributed by atoms with Crippen molar-refractivity contribution in [3.8, 4) is 5.69 Å². The van der Waals surface area contributed by atoms with Crippen molar-refractivity contribution in [1.82, 2.24) is 14.7 Å². The Hall–Kier alpha value is -2.63. The summed E-state index contributed by atoms with van der Waals surface area (Å²) in [5, 5.41) is 13.2. The van der Waals surface area contributed by atoms with Crippen LogP contribution in [-0.4, -0.2) is 44.8 Å². The Labute approximate surface area is 135 Å². The van der Waals surface area contributed by atoms with E-state index in [1.807, 2.05) is 43.5 Å². The van der Waals surface area contributed by atoms with Crippen molar-refractivity contribution in [2.24, 2.45) is 0 Å². The first-order valence-corrected chi connectivity index (χ1v) is 7.68. The predicted octanol–water partition coefficient (Wildman–Crippen LogP) is 2.13. The summed E-state index contributed by atoms with van der Waals surface area (Å²) in [6.07, 6.45) is 5.20. The third-order valence-corrected chi connectivity index (χ3v) is 3.46. The number of carbonyl (C=O) groups is 2. The van der Waals surface area contributed by atoms with Crippen molar-refractivity contribution in [1.29, 1.82) is 0 Å². The number of benzene rings is 1. The fraction of sp³-hybridized carbons (Fsp3) is 0.353. The van der Waals surface area contributed by atoms with Crippen molar-refractivity contribution in [3.05, 3.63) is 48.3 Å². The lowest BCUT2D eigenvalue weighted by atomic mass is 10.2. The molecule has 2 rings (SSSR count). The van der Waals surface area contributed by atoms with Crippen LogP contribution in [0, 0.1) is 0 Å². The van der Waals surface area contributed by atoms with E-state index in [2.05, 4.69) is 5.10 Å². The van der Waals surface area contributed by atoms with E-state index >= 15 is 0 Å². The molecule has 0 aliphatic rings. The molecular weight excluding hydrogens is 294 g/mol. The van der Waals surface area contributed by atoms with Gasteiger partial charge in [0.2, 0.25) is 5.91 Å². The van der Waals surface area contributed by atoms with Gasteiger partial charge in [0.15, 0.2) is 0 Å². The van der Waals surface area contributed by atoms with Crippen LogP contribution in [0.4, 0.5) is 0 Å². The van der Waals surface area contributed by atoms with Crippen LogP contribution in [0.3, 0.4) is 0 Å². The maximum atomic E-state index is 12.2. The topological polar surface area (TPSA) is 75.4 Å². The van der Waals surface area contributed by atoms with Gasteiger partial charge in [-0.25, -0.2) is 4.68 Å². The summed E-state index contributed by atoms with van der Waals surface area (Å²) in [4.78, 5) is 24.4. The number of carboxylic acid groups (broad SMARTS) is 1. The Balaban J connectivity index is 1.93. The summed E-state index contributed by atoms with van der Waals surface area (Å²) in [6.45, 7) is 2.15. The molecule has 6 heteroatoms. The normalized spacial score (nSPS) is 10.5. The summed E-state index contributed by atoms with van der Waals surface area (Å²) in [7, 11) is 0. The number of aliphatic carboxylic acids is 1. The monoisotopic (exact) mass is 315 g/mol. The molecule has 0 saturated carbocycles. The molecule has 2 aromatic rings. The maximum Gasteiger partial charge on any atom is 0.323 e. The quantitative estimate of drug-likeness (QED) is 0.809. The van der Waals surface area contributed by atoms with E-state index in [1.165, 1.54) is 4.90 Å². The fourth-order valence-electron chi connectivity index (χ4n) is 2.35. The molecule has 1 N–H and O–H groups in total. The van der Waals surface area contributed by atoms with Crippen LogP contribution in [0.25, 0.3) is 5.69 Å². The van der Waals surface area contributed by atoms with Gasteiger partial charge in [-0.05, 0) is 30.5 Å². The van der Waals surface area contributed by atoms with E-state index in [1.54, 1.807) is 10.9 Å². The van der Waals surface area contributed by atoms with E-state index in [4.69, 9.17) is 5.11 Å². The summed E-state index contributed by atoms with van der Waals surface area (Å²) in [5.41, 5.74) is 1.91. The summed E-state index contributed by atoms with van der Waals surface area (Å²) < 4.78 is 1.76. The smallest absolute Gasteiger partial charge is 0.323 e. The molecule has 1 aromatic heterocycles. The lowest BCUT2D eigenvalue weighted by Gasteiger charge is -2.19. The highest BCUT2D eigenvalue weighted by Crippen LogP contribution is 2.10. The van der Waals surface area contributed by atoms with Crippen LogP contribution >= 0.6 is 0 Å². The molecule has 0 unspecified atom stereocenters. The van der Waals surface area contributed by atoms with Crippen LogP contribution in [0.1, 0.15) is 25.3 Å². The number of aryl methyl sites for hydroxylation is 1. The van der Waals surface area contributed by atoms with Gasteiger partial charge in [-0.3, -0.25) is 9.59 Å². The van der Waals surface area contributed by atoms with Gasteiger partial charge in [-0.15, -0.1) is 0 Å². The molecule has 0 fully saturated rings. The Morgan fingerprint density at radius 3 is 2.65 bits per heavy atom. The molecule has 1 amide bonds. The lowest BCUT2D eigenvalue weighted by Crippen LogP contribution is -2.36. The zero-order chi connectivity index (χ0) is 16.7. The van der Waals surface area contributed by atoms with Crippen molar-refractivity contribution in [3.63, 3.8) is 0 Å². The average Bonchev–Trinajstić information content (AvgIpc) is 3.01. The molecule has 23 heavy (non-hydrogen) atoms. The molecule has 122 valence electrons. The Morgan fingerprint density at radius 1 is 1.26 bits per heavy atom. The highest BCUT2D eigenvalue weighted by Gasteiger charge is 2.16. The Bertz CT molecular complexity index is 652. The van der Waals surface area contributed by atoms with Crippen LogP contribution in [0.15, 0.2) is 42.7 Å². The highest BCUT2D eigenvalue weighted by atomic mass is 16.4. The number of aromatic nitrogens is 2. The third-order valence-electron chi connectivity index (χ3n) is 3.46. The van der Waals surface area contributed by atoms with Gasteiger partial charge >= 0.3 is 5.97 Å². The maximum absolute atomic E-state index is 12.2. The van der Waals surface area contributed by atoms with Gasteiger partial charge in [0.05, 0.1) is 11.9 Å². The third kappa shape index (κ3) is 4.95. The van der Waals surface area contributed by atoms with E-state index in [9.17, 15) is 9.59 Å². The average molecular weight is 315 g/mol. The number of hydrogen-bond donors (Lipinski definition) is 1. The minimum atomic E-state index is -0.983. The van der Waals surface area contributed by atoms with E-state index in [-0.39, 0.29) is 18.9 Å². The number of carbonyl (C=O) groups excluding carboxylic acids is 1. The van der Waals surface area contributed by atoms with Crippen molar-refractivity contribution < 1.29 is 14.7 Å². The van der Waals surface area contributed by atoms with Crippen LogP contribution in [-0.2, 0) is 16.0 Å². The van der Waals surface area contributed by atoms with Crippen molar-refractivity contribution in [2.45, 2.75) is 26.2 Å². The highest BCUT2D eigenvalue weighted by molar-refractivity contribution is 5.81. The lowest BCUT2D eigenvalue weighted by molar-refractivity contribution is -0.144. The first-order valence-electron chi connectivity index (χ1n) is 7.68. The first-order chi connectivity index (χ1) is 11.1. The number of amides is 1. The van der Waals surface area contributed by atoms with Crippen molar-refractivity contribution in [2.75, 3.05) is 13.1 Å². The second-order valence-corrected chi connectivity index (χ2v) is 5.34. The molecule has 0 bridgehead atoms. The zero-order valence-corrected chi connectivity index (χ0v) is 13.2. The zero-order valence-electron chi connectivity index (χ0n) is 13.2. The number of nitrogens with zero attached hydrogens (tertiary/aromatic N) is 3. The minimum Gasteiger partial charge on any atom is -0.480 e. The molecular formula is C17H21N3O3. The molecule has 0 saturated heterocycles. The predicted molar refractivity (Wildman–Crippen MR) is 86.4 cm³/mol. The van der Waals surface area contributed by atoms with Gasteiger partial charge in [0.25, 0.3) is 0 Å². The second kappa shape index (κ2) is 8.12. The molecule has 0 radical (unpaired) electrons. The van der Waals surface area contributed by atoms with E-state index in [0.717, 1.165) is 17.7 Å². The van der Waals surface area contributed by atoms with Gasteiger partial charge in [-0.2, -0.15) is 5.10 Å². The minimum absolute atomic E-state index is 0.137. The number of hydrogen-bond acceptors (Lipinski definition) is 3. The summed E-state index contributed by atoms with van der Waals surface area (Å²) in [6, 6.07) is 9.73.